The van der Waals surface area contributed by atoms with Gasteiger partial charge in [0.1, 0.15) is 92.6 Å². The lowest BCUT2D eigenvalue weighted by atomic mass is 9.95. The van der Waals surface area contributed by atoms with Crippen LogP contribution in [0.1, 0.15) is 28.4 Å². The average Bonchev–Trinajstić information content (AvgIpc) is 2.78. The van der Waals surface area contributed by atoms with E-state index in [1.54, 1.807) is 6.07 Å². The lowest BCUT2D eigenvalue weighted by Crippen LogP contribution is -2.69. The van der Waals surface area contributed by atoms with Crippen molar-refractivity contribution in [1.82, 2.24) is 0 Å². The number of aromatic hydroxyl groups is 2. The van der Waals surface area contributed by atoms with Crippen LogP contribution in [0.15, 0.2) is 78.9 Å². The number of rotatable bonds is 22. The molecular weight excluding hydrogens is 1100 g/mol. The van der Waals surface area contributed by atoms with Crippen molar-refractivity contribution in [2.75, 3.05) is 47.3 Å². The molecule has 450 valence electrons. The molecule has 0 aromatic heterocycles. The number of aliphatic hydroxyl groups is 10. The van der Waals surface area contributed by atoms with E-state index in [1.807, 2.05) is 0 Å². The molecule has 29 heteroatoms. The summed E-state index contributed by atoms with van der Waals surface area (Å²) in [6, 6.07) is 15.2. The Morgan fingerprint density at radius 3 is 1.63 bits per heavy atom. The molecule has 4 fully saturated rings. The normalized spacial score (nSPS) is 33.9. The summed E-state index contributed by atoms with van der Waals surface area (Å²) in [7, 11) is 2.56. The molecule has 12 N–H and O–H groups in total. The van der Waals surface area contributed by atoms with E-state index in [1.165, 1.54) is 87.0 Å². The minimum atomic E-state index is -2.91. The number of carbonyl (C=O) groups is 4. The Hall–Kier alpha value is -6.46. The minimum Gasteiger partial charge on any atom is -0.504 e. The lowest BCUT2D eigenvalue weighted by molar-refractivity contribution is -0.421. The number of benzene rings is 3. The van der Waals surface area contributed by atoms with E-state index in [9.17, 15) is 80.5 Å². The molecule has 29 nitrogen and oxygen atoms in total. The first-order chi connectivity index (χ1) is 39.1. The number of aliphatic hydroxyl groups excluding tert-OH is 10. The summed E-state index contributed by atoms with van der Waals surface area (Å²) < 4.78 is 75.7. The fraction of sp³-hybridized carbons (Fsp3) is 0.509. The number of methoxy groups -OCH3 is 2. The first-order valence-corrected chi connectivity index (χ1v) is 25.2. The molecule has 4 heterocycles. The van der Waals surface area contributed by atoms with E-state index in [0.717, 1.165) is 19.1 Å². The minimum absolute atomic E-state index is 0.00912. The Kier molecular flexibility index (Phi) is 21.7. The second kappa shape index (κ2) is 28.2. The third-order valence-electron chi connectivity index (χ3n) is 13.4. The number of esters is 4. The van der Waals surface area contributed by atoms with Crippen LogP contribution < -0.4 is 9.47 Å². The Labute approximate surface area is 466 Å². The van der Waals surface area contributed by atoms with Crippen molar-refractivity contribution < 1.29 is 142 Å². The van der Waals surface area contributed by atoms with Gasteiger partial charge in [-0.15, -0.1) is 0 Å². The third kappa shape index (κ3) is 14.6. The highest BCUT2D eigenvalue weighted by atomic mass is 16.8. The fourth-order valence-corrected chi connectivity index (χ4v) is 9.09. The van der Waals surface area contributed by atoms with Crippen molar-refractivity contribution >= 4 is 36.0 Å². The standard InChI is InChI=1S/C53H64O29/c1-24(57)72-22-35-39(63)42(66)44(68)51(76-35)78-46-45(77-37(61)16-12-26-10-14-29(59)31(18-26)71-3)34(21-56)75-52(47(46)79-50-43(67)41(65)38(62)32(19-54)74-50)82-53(23-73-36(60)15-11-25-9-13-28(58)30(17-25)70-2)48(40(64)33(20-55)81-53)80-49(69)27-7-5-4-6-8-27/h4-18,32-35,38-48,50-52,54-56,58-59,62-68H,19-23H2,1-3H3. The molecule has 0 aliphatic carbocycles. The Morgan fingerprint density at radius 1 is 0.561 bits per heavy atom. The van der Waals surface area contributed by atoms with Gasteiger partial charge in [0.05, 0.1) is 39.6 Å². The first kappa shape index (κ1) is 63.1. The average molecular weight is 1170 g/mol. The van der Waals surface area contributed by atoms with Crippen LogP contribution >= 0.6 is 0 Å². The van der Waals surface area contributed by atoms with Gasteiger partial charge in [0.25, 0.3) is 0 Å². The van der Waals surface area contributed by atoms with Gasteiger partial charge in [-0.05, 0) is 59.7 Å². The molecule has 0 saturated carbocycles. The van der Waals surface area contributed by atoms with E-state index < -0.39 is 173 Å². The highest BCUT2D eigenvalue weighted by molar-refractivity contribution is 5.90. The van der Waals surface area contributed by atoms with E-state index in [0.29, 0.717) is 5.56 Å². The molecule has 19 unspecified atom stereocenters. The highest BCUT2D eigenvalue weighted by Crippen LogP contribution is 2.42. The number of ether oxygens (including phenoxy) is 13. The van der Waals surface area contributed by atoms with Gasteiger partial charge in [-0.3, -0.25) is 4.79 Å². The first-order valence-electron chi connectivity index (χ1n) is 25.2. The van der Waals surface area contributed by atoms with Crippen molar-refractivity contribution in [3.8, 4) is 23.0 Å². The predicted molar refractivity (Wildman–Crippen MR) is 268 cm³/mol. The topological polar surface area (TPSA) is 431 Å². The van der Waals surface area contributed by atoms with Crippen LogP contribution in [0.5, 0.6) is 23.0 Å². The summed E-state index contributed by atoms with van der Waals surface area (Å²) in [5.74, 6) is -7.80. The molecule has 4 aliphatic heterocycles. The van der Waals surface area contributed by atoms with Crippen LogP contribution in [0.2, 0.25) is 0 Å². The van der Waals surface area contributed by atoms with Crippen LogP contribution in [0.25, 0.3) is 12.2 Å². The second-order valence-electron chi connectivity index (χ2n) is 18.9. The molecule has 7 rings (SSSR count). The van der Waals surface area contributed by atoms with Crippen molar-refractivity contribution in [2.24, 2.45) is 0 Å². The Balaban J connectivity index is 1.36. The predicted octanol–water partition coefficient (Wildman–Crippen LogP) is -3.35. The molecule has 0 bridgehead atoms. The lowest BCUT2D eigenvalue weighted by Gasteiger charge is -2.50. The molecule has 4 saturated heterocycles. The van der Waals surface area contributed by atoms with Gasteiger partial charge < -0.3 is 123 Å². The SMILES string of the molecule is COc1cc(C=CC(=O)OCC2(OC3OC(CO)C(OC(=O)C=Cc4ccc(O)c(OC)c4)C(OC4OC(COC(C)=O)C(O)C(O)C4O)C3OC3OC(CO)C(O)C(O)C3O)OC(CO)C(O)C2OC(=O)c2ccccc2)ccc1O. The third-order valence-corrected chi connectivity index (χ3v) is 13.4. The molecule has 3 aromatic rings. The van der Waals surface area contributed by atoms with Crippen LogP contribution in [-0.4, -0.2) is 249 Å². The largest absolute Gasteiger partial charge is 0.504 e. The molecule has 19 atom stereocenters. The van der Waals surface area contributed by atoms with Gasteiger partial charge in [-0.1, -0.05) is 30.3 Å². The van der Waals surface area contributed by atoms with E-state index in [-0.39, 0.29) is 34.1 Å². The van der Waals surface area contributed by atoms with Gasteiger partial charge >= 0.3 is 23.9 Å². The van der Waals surface area contributed by atoms with Crippen LogP contribution in [0.4, 0.5) is 0 Å². The Morgan fingerprint density at radius 2 is 1.09 bits per heavy atom. The zero-order valence-corrected chi connectivity index (χ0v) is 43.9. The number of phenols is 2. The van der Waals surface area contributed by atoms with Crippen LogP contribution in [0.3, 0.4) is 0 Å². The van der Waals surface area contributed by atoms with Crippen molar-refractivity contribution in [3.63, 3.8) is 0 Å². The quantitative estimate of drug-likeness (QED) is 0.0266. The molecular formula is C53H64O29. The van der Waals surface area contributed by atoms with Gasteiger partial charge in [0, 0.05) is 19.1 Å². The smallest absolute Gasteiger partial charge is 0.338 e. The summed E-state index contributed by atoms with van der Waals surface area (Å²) in [5.41, 5.74) is 0.466. The van der Waals surface area contributed by atoms with Crippen LogP contribution in [-0.2, 0) is 66.5 Å². The summed E-state index contributed by atoms with van der Waals surface area (Å²) in [5, 5.41) is 131. The maximum atomic E-state index is 14.0. The zero-order chi connectivity index (χ0) is 59.6. The number of carbonyl (C=O) groups excluding carboxylic acids is 4. The number of hydrogen-bond donors (Lipinski definition) is 12. The summed E-state index contributed by atoms with van der Waals surface area (Å²) in [6.45, 7) is -4.22. The Bertz CT molecular complexity index is 2690. The van der Waals surface area contributed by atoms with Crippen molar-refractivity contribution in [1.29, 1.82) is 0 Å². The van der Waals surface area contributed by atoms with Gasteiger partial charge in [0.2, 0.25) is 5.79 Å². The van der Waals surface area contributed by atoms with Crippen molar-refractivity contribution in [3.05, 3.63) is 95.6 Å². The number of hydrogen-bond acceptors (Lipinski definition) is 29. The van der Waals surface area contributed by atoms with Crippen LogP contribution in [0, 0.1) is 0 Å². The van der Waals surface area contributed by atoms with E-state index >= 15 is 0 Å². The monoisotopic (exact) mass is 1160 g/mol. The van der Waals surface area contributed by atoms with Gasteiger partial charge in [0.15, 0.2) is 54.1 Å². The summed E-state index contributed by atoms with van der Waals surface area (Å²) >= 11 is 0. The molecule has 0 amide bonds. The number of phenolic OH excluding ortho intramolecular Hbond substituents is 2. The molecule has 0 spiro atoms. The maximum absolute atomic E-state index is 14.0. The maximum Gasteiger partial charge on any atom is 0.338 e. The van der Waals surface area contributed by atoms with Gasteiger partial charge in [-0.2, -0.15) is 0 Å². The molecule has 82 heavy (non-hydrogen) atoms. The second-order valence-corrected chi connectivity index (χ2v) is 18.9. The van der Waals surface area contributed by atoms with E-state index in [2.05, 4.69) is 0 Å². The molecule has 4 aliphatic rings. The highest BCUT2D eigenvalue weighted by Gasteiger charge is 2.64. The fourth-order valence-electron chi connectivity index (χ4n) is 9.09. The van der Waals surface area contributed by atoms with Crippen molar-refractivity contribution in [2.45, 2.75) is 123 Å². The van der Waals surface area contributed by atoms with E-state index in [4.69, 9.17) is 61.6 Å². The summed E-state index contributed by atoms with van der Waals surface area (Å²) in [4.78, 5) is 53.5. The zero-order valence-electron chi connectivity index (χ0n) is 43.9. The molecule has 0 radical (unpaired) electrons. The molecule has 3 aromatic carbocycles. The summed E-state index contributed by atoms with van der Waals surface area (Å²) in [6.07, 6.45) is -33.5. The van der Waals surface area contributed by atoms with Gasteiger partial charge in [-0.25, -0.2) is 14.4 Å².